The van der Waals surface area contributed by atoms with E-state index in [0.717, 1.165) is 20.0 Å². The molecule has 0 spiro atoms. The van der Waals surface area contributed by atoms with E-state index in [0.29, 0.717) is 0 Å². The third-order valence-electron chi connectivity index (χ3n) is 1.77. The van der Waals surface area contributed by atoms with Gasteiger partial charge in [0.15, 0.2) is 0 Å². The van der Waals surface area contributed by atoms with Gasteiger partial charge in [-0.25, -0.2) is 0 Å². The third-order valence-corrected chi connectivity index (χ3v) is 2.85. The monoisotopic (exact) mass is 288 g/mol. The molecule has 0 N–H and O–H groups in total. The van der Waals surface area contributed by atoms with Crippen LogP contribution in [0.5, 0.6) is 0 Å². The molecular weight excluding hydrogens is 284 g/mol. The summed E-state index contributed by atoms with van der Waals surface area (Å²) in [5, 5.41) is 5.38. The van der Waals surface area contributed by atoms with Crippen molar-refractivity contribution < 1.29 is 0 Å². The number of hydrogen-bond donors (Lipinski definition) is 0. The van der Waals surface area contributed by atoms with Crippen molar-refractivity contribution in [2.45, 2.75) is 0 Å². The van der Waals surface area contributed by atoms with Crippen molar-refractivity contribution in [3.63, 3.8) is 0 Å². The van der Waals surface area contributed by atoms with Gasteiger partial charge in [-0.3, -0.25) is 4.68 Å². The molecule has 0 fully saturated rings. The lowest BCUT2D eigenvalue weighted by Gasteiger charge is -1.93. The summed E-state index contributed by atoms with van der Waals surface area (Å²) >= 11 is 6.81. The Bertz CT molecular complexity index is 434. The highest BCUT2D eigenvalue weighted by molar-refractivity contribution is 9.10. The van der Waals surface area contributed by atoms with E-state index < -0.39 is 0 Å². The first kappa shape index (κ1) is 8.26. The van der Waals surface area contributed by atoms with E-state index >= 15 is 0 Å². The van der Waals surface area contributed by atoms with Crippen molar-refractivity contribution in [3.8, 4) is 0 Å². The Hall–Kier alpha value is -0.350. The summed E-state index contributed by atoms with van der Waals surface area (Å²) in [5.41, 5.74) is 1.12. The maximum absolute atomic E-state index is 4.24. The maximum atomic E-state index is 4.24. The summed E-state index contributed by atoms with van der Waals surface area (Å²) < 4.78 is 3.82. The number of nitrogens with zero attached hydrogens (tertiary/aromatic N) is 2. The van der Waals surface area contributed by atoms with Gasteiger partial charge in [-0.15, -0.1) is 0 Å². The number of rotatable bonds is 0. The molecule has 4 heteroatoms. The normalized spacial score (nSPS) is 10.9. The fraction of sp³-hybridized carbons (Fsp3) is 0.125. The number of hydrogen-bond acceptors (Lipinski definition) is 1. The molecule has 0 saturated carbocycles. The molecule has 1 aromatic carbocycles. The molecule has 0 aliphatic rings. The average Bonchev–Trinajstić information content (AvgIpc) is 2.28. The Labute approximate surface area is 86.8 Å². The number of fused-ring (bicyclic) bond motifs is 1. The van der Waals surface area contributed by atoms with Gasteiger partial charge in [0.25, 0.3) is 0 Å². The molecule has 2 aromatic rings. The molecule has 0 unspecified atom stereocenters. The highest BCUT2D eigenvalue weighted by Gasteiger charge is 2.04. The first-order valence-corrected chi connectivity index (χ1v) is 5.05. The van der Waals surface area contributed by atoms with Crippen molar-refractivity contribution in [2.24, 2.45) is 7.05 Å². The van der Waals surface area contributed by atoms with Crippen LogP contribution in [0.15, 0.2) is 27.3 Å². The van der Waals surface area contributed by atoms with Gasteiger partial charge in [0, 0.05) is 16.9 Å². The zero-order valence-corrected chi connectivity index (χ0v) is 9.55. The summed E-state index contributed by atoms with van der Waals surface area (Å²) in [7, 11) is 1.93. The van der Waals surface area contributed by atoms with Crippen molar-refractivity contribution >= 4 is 42.8 Å². The molecule has 0 aliphatic heterocycles. The molecule has 2 rings (SSSR count). The Morgan fingerprint density at radius 2 is 2.08 bits per heavy atom. The molecule has 12 heavy (non-hydrogen) atoms. The fourth-order valence-electron chi connectivity index (χ4n) is 1.19. The van der Waals surface area contributed by atoms with Gasteiger partial charge in [-0.05, 0) is 34.1 Å². The molecule has 0 saturated heterocycles. The van der Waals surface area contributed by atoms with Crippen LogP contribution in [0.2, 0.25) is 0 Å². The summed E-state index contributed by atoms with van der Waals surface area (Å²) in [6.45, 7) is 0. The SMILES string of the molecule is Cn1nc(Br)c2ccc(Br)cc21. The van der Waals surface area contributed by atoms with Crippen molar-refractivity contribution in [3.05, 3.63) is 27.3 Å². The second-order valence-corrected chi connectivity index (χ2v) is 4.24. The van der Waals surface area contributed by atoms with Crippen LogP contribution >= 0.6 is 31.9 Å². The average molecular weight is 290 g/mol. The summed E-state index contributed by atoms with van der Waals surface area (Å²) in [4.78, 5) is 0. The van der Waals surface area contributed by atoms with Crippen LogP contribution in [0.3, 0.4) is 0 Å². The highest BCUT2D eigenvalue weighted by Crippen LogP contribution is 2.25. The Kier molecular flexibility index (Phi) is 1.96. The predicted octanol–water partition coefficient (Wildman–Crippen LogP) is 3.10. The maximum Gasteiger partial charge on any atom is 0.135 e. The molecule has 0 aliphatic carbocycles. The molecule has 0 amide bonds. The van der Waals surface area contributed by atoms with E-state index in [9.17, 15) is 0 Å². The molecule has 62 valence electrons. The van der Waals surface area contributed by atoms with E-state index in [1.54, 1.807) is 0 Å². The zero-order chi connectivity index (χ0) is 8.72. The summed E-state index contributed by atoms with van der Waals surface area (Å²) in [5.74, 6) is 0. The Morgan fingerprint density at radius 1 is 1.33 bits per heavy atom. The van der Waals surface area contributed by atoms with Crippen molar-refractivity contribution in [2.75, 3.05) is 0 Å². The molecular formula is C8H6Br2N2. The Morgan fingerprint density at radius 3 is 2.83 bits per heavy atom. The third kappa shape index (κ3) is 1.19. The van der Waals surface area contributed by atoms with Crippen molar-refractivity contribution in [1.82, 2.24) is 9.78 Å². The first-order chi connectivity index (χ1) is 5.68. The molecule has 0 bridgehead atoms. The minimum atomic E-state index is 0.896. The highest BCUT2D eigenvalue weighted by atomic mass is 79.9. The van der Waals surface area contributed by atoms with E-state index in [1.807, 2.05) is 29.9 Å². The summed E-state index contributed by atoms with van der Waals surface area (Å²) in [6.07, 6.45) is 0. The van der Waals surface area contributed by atoms with Crippen LogP contribution in [0.25, 0.3) is 10.9 Å². The summed E-state index contributed by atoms with van der Waals surface area (Å²) in [6, 6.07) is 6.10. The van der Waals surface area contributed by atoms with Crippen LogP contribution in [0, 0.1) is 0 Å². The number of aryl methyl sites for hydroxylation is 1. The van der Waals surface area contributed by atoms with Crippen molar-refractivity contribution in [1.29, 1.82) is 0 Å². The topological polar surface area (TPSA) is 17.8 Å². The molecule has 2 nitrogen and oxygen atoms in total. The van der Waals surface area contributed by atoms with Gasteiger partial charge in [0.1, 0.15) is 4.60 Å². The molecule has 0 radical (unpaired) electrons. The van der Waals surface area contributed by atoms with Gasteiger partial charge < -0.3 is 0 Å². The zero-order valence-electron chi connectivity index (χ0n) is 6.38. The second kappa shape index (κ2) is 2.85. The van der Waals surface area contributed by atoms with E-state index in [4.69, 9.17) is 0 Å². The van der Waals surface area contributed by atoms with E-state index in [-0.39, 0.29) is 0 Å². The predicted molar refractivity (Wildman–Crippen MR) is 56.1 cm³/mol. The molecule has 1 heterocycles. The fourth-order valence-corrected chi connectivity index (χ4v) is 2.11. The second-order valence-electron chi connectivity index (χ2n) is 2.58. The van der Waals surface area contributed by atoms with Crippen LogP contribution < -0.4 is 0 Å². The lowest BCUT2D eigenvalue weighted by Crippen LogP contribution is -1.88. The standard InChI is InChI=1S/C8H6Br2N2/c1-12-7-4-5(9)2-3-6(7)8(10)11-12/h2-4H,1H3. The van der Waals surface area contributed by atoms with E-state index in [2.05, 4.69) is 37.0 Å². The van der Waals surface area contributed by atoms with Crippen LogP contribution in [-0.2, 0) is 7.05 Å². The van der Waals surface area contributed by atoms with Gasteiger partial charge in [-0.2, -0.15) is 5.10 Å². The van der Waals surface area contributed by atoms with E-state index in [1.165, 1.54) is 0 Å². The van der Waals surface area contributed by atoms with Crippen LogP contribution in [0.4, 0.5) is 0 Å². The number of halogens is 2. The first-order valence-electron chi connectivity index (χ1n) is 3.46. The number of benzene rings is 1. The van der Waals surface area contributed by atoms with Gasteiger partial charge >= 0.3 is 0 Å². The molecule has 0 atom stereocenters. The van der Waals surface area contributed by atoms with Crippen LogP contribution in [0.1, 0.15) is 0 Å². The minimum Gasteiger partial charge on any atom is -0.267 e. The smallest absolute Gasteiger partial charge is 0.135 e. The quantitative estimate of drug-likeness (QED) is 0.729. The Balaban J connectivity index is 2.90. The lowest BCUT2D eigenvalue weighted by atomic mass is 10.3. The van der Waals surface area contributed by atoms with Gasteiger partial charge in [0.2, 0.25) is 0 Å². The minimum absolute atomic E-state index is 0.896. The van der Waals surface area contributed by atoms with Gasteiger partial charge in [-0.1, -0.05) is 15.9 Å². The largest absolute Gasteiger partial charge is 0.267 e. The molecule has 1 aromatic heterocycles. The van der Waals surface area contributed by atoms with Gasteiger partial charge in [0.05, 0.1) is 5.52 Å². The number of aromatic nitrogens is 2. The lowest BCUT2D eigenvalue weighted by molar-refractivity contribution is 0.788. The van der Waals surface area contributed by atoms with Crippen LogP contribution in [-0.4, -0.2) is 9.78 Å².